The fourth-order valence-electron chi connectivity index (χ4n) is 2.80. The quantitative estimate of drug-likeness (QED) is 0.903. The first-order valence-electron chi connectivity index (χ1n) is 7.80. The molecule has 2 aromatic rings. The predicted molar refractivity (Wildman–Crippen MR) is 92.2 cm³/mol. The molecule has 2 amide bonds. The van der Waals surface area contributed by atoms with Crippen molar-refractivity contribution in [3.63, 3.8) is 0 Å². The van der Waals surface area contributed by atoms with Gasteiger partial charge in [0, 0.05) is 17.5 Å². The fourth-order valence-corrected chi connectivity index (χ4v) is 3.50. The number of hydrogen-bond acceptors (Lipinski definition) is 5. The van der Waals surface area contributed by atoms with Crippen LogP contribution in [0.4, 0.5) is 5.69 Å². The zero-order chi connectivity index (χ0) is 16.9. The van der Waals surface area contributed by atoms with E-state index < -0.39 is 6.04 Å². The summed E-state index contributed by atoms with van der Waals surface area (Å²) in [6, 6.07) is 6.87. The summed E-state index contributed by atoms with van der Waals surface area (Å²) in [5.41, 5.74) is 0.596. The van der Waals surface area contributed by atoms with Crippen molar-refractivity contribution in [1.29, 1.82) is 0 Å². The highest BCUT2D eigenvalue weighted by Crippen LogP contribution is 2.22. The fraction of sp³-hybridized carbons (Fsp3) is 0.353. The van der Waals surface area contributed by atoms with Crippen LogP contribution < -0.4 is 10.1 Å². The van der Waals surface area contributed by atoms with E-state index in [1.54, 1.807) is 34.6 Å². The molecule has 24 heavy (non-hydrogen) atoms. The first-order valence-corrected chi connectivity index (χ1v) is 8.68. The van der Waals surface area contributed by atoms with Crippen LogP contribution in [-0.2, 0) is 16.0 Å². The third-order valence-electron chi connectivity index (χ3n) is 3.99. The summed E-state index contributed by atoms with van der Waals surface area (Å²) in [4.78, 5) is 31.8. The Labute approximate surface area is 144 Å². The van der Waals surface area contributed by atoms with Gasteiger partial charge in [-0.15, -0.1) is 11.3 Å². The molecule has 0 saturated carbocycles. The second-order valence-electron chi connectivity index (χ2n) is 5.58. The maximum absolute atomic E-state index is 12.5. The maximum Gasteiger partial charge on any atom is 0.247 e. The Bertz CT molecular complexity index is 700. The lowest BCUT2D eigenvalue weighted by molar-refractivity contribution is -0.136. The number of carbonyl (C=O) groups excluding carboxylic acids is 2. The van der Waals surface area contributed by atoms with Crippen LogP contribution in [0.2, 0.25) is 0 Å². The van der Waals surface area contributed by atoms with Crippen LogP contribution in [-0.4, -0.2) is 41.4 Å². The van der Waals surface area contributed by atoms with Crippen LogP contribution in [0.3, 0.4) is 0 Å². The third-order valence-corrected chi connectivity index (χ3v) is 4.87. The standard InChI is InChI=1S/C17H19N3O3S/c1-23-15-7-6-12(11-18-15)19-17(22)14-5-2-8-20(14)16(21)10-13-4-3-9-24-13/h3-4,6-7,9,11,14H,2,5,8,10H2,1H3,(H,19,22)/t14-/m0/s1. The molecule has 1 N–H and O–H groups in total. The Morgan fingerprint density at radius 1 is 1.42 bits per heavy atom. The summed E-state index contributed by atoms with van der Waals surface area (Å²) in [6.45, 7) is 0.628. The van der Waals surface area contributed by atoms with Gasteiger partial charge in [0.05, 0.1) is 25.4 Å². The number of ether oxygens (including phenoxy) is 1. The average molecular weight is 345 g/mol. The van der Waals surface area contributed by atoms with E-state index >= 15 is 0 Å². The smallest absolute Gasteiger partial charge is 0.247 e. The maximum atomic E-state index is 12.5. The van der Waals surface area contributed by atoms with Crippen molar-refractivity contribution in [3.8, 4) is 5.88 Å². The molecule has 1 saturated heterocycles. The summed E-state index contributed by atoms with van der Waals surface area (Å²) in [5, 5.41) is 4.78. The number of carbonyl (C=O) groups is 2. The lowest BCUT2D eigenvalue weighted by Crippen LogP contribution is -2.43. The first kappa shape index (κ1) is 16.4. The van der Waals surface area contributed by atoms with Crippen molar-refractivity contribution in [2.24, 2.45) is 0 Å². The highest BCUT2D eigenvalue weighted by atomic mass is 32.1. The summed E-state index contributed by atoms with van der Waals surface area (Å²) < 4.78 is 5.00. The van der Waals surface area contributed by atoms with E-state index in [-0.39, 0.29) is 11.8 Å². The van der Waals surface area contributed by atoms with Gasteiger partial charge >= 0.3 is 0 Å². The van der Waals surface area contributed by atoms with Crippen molar-refractivity contribution < 1.29 is 14.3 Å². The molecule has 7 heteroatoms. The molecule has 0 aliphatic carbocycles. The molecule has 2 aromatic heterocycles. The molecule has 6 nitrogen and oxygen atoms in total. The molecule has 3 rings (SSSR count). The Balaban J connectivity index is 1.63. The van der Waals surface area contributed by atoms with Gasteiger partial charge in [0.1, 0.15) is 6.04 Å². The topological polar surface area (TPSA) is 71.5 Å². The summed E-state index contributed by atoms with van der Waals surface area (Å²) in [5.74, 6) is 0.323. The summed E-state index contributed by atoms with van der Waals surface area (Å²) in [7, 11) is 1.54. The van der Waals surface area contributed by atoms with Crippen LogP contribution in [0.5, 0.6) is 5.88 Å². The lowest BCUT2D eigenvalue weighted by Gasteiger charge is -2.23. The van der Waals surface area contributed by atoms with Crippen LogP contribution in [0.1, 0.15) is 17.7 Å². The highest BCUT2D eigenvalue weighted by molar-refractivity contribution is 7.10. The van der Waals surface area contributed by atoms with Gasteiger partial charge in [0.2, 0.25) is 17.7 Å². The minimum absolute atomic E-state index is 0.00274. The number of thiophene rings is 1. The number of rotatable bonds is 5. The number of pyridine rings is 1. The molecule has 126 valence electrons. The van der Waals surface area contributed by atoms with Crippen LogP contribution in [0.25, 0.3) is 0 Å². The van der Waals surface area contributed by atoms with Crippen molar-refractivity contribution in [2.45, 2.75) is 25.3 Å². The number of nitrogens with zero attached hydrogens (tertiary/aromatic N) is 2. The van der Waals surface area contributed by atoms with E-state index in [0.717, 1.165) is 11.3 Å². The lowest BCUT2D eigenvalue weighted by atomic mass is 10.2. The third kappa shape index (κ3) is 3.73. The summed E-state index contributed by atoms with van der Waals surface area (Å²) in [6.07, 6.45) is 3.43. The molecule has 0 unspecified atom stereocenters. The first-order chi connectivity index (χ1) is 11.7. The molecule has 3 heterocycles. The van der Waals surface area contributed by atoms with E-state index in [4.69, 9.17) is 4.74 Å². The largest absolute Gasteiger partial charge is 0.481 e. The van der Waals surface area contributed by atoms with Gasteiger partial charge in [-0.2, -0.15) is 0 Å². The number of anilines is 1. The second kappa shape index (κ2) is 7.44. The van der Waals surface area contributed by atoms with E-state index in [1.807, 2.05) is 17.5 Å². The van der Waals surface area contributed by atoms with Gasteiger partial charge in [-0.25, -0.2) is 4.98 Å². The van der Waals surface area contributed by atoms with Gasteiger partial charge < -0.3 is 15.0 Å². The SMILES string of the molecule is COc1ccc(NC(=O)[C@@H]2CCCN2C(=O)Cc2cccs2)cn1. The predicted octanol–water partition coefficient (Wildman–Crippen LogP) is 2.32. The van der Waals surface area contributed by atoms with E-state index in [1.165, 1.54) is 7.11 Å². The average Bonchev–Trinajstić information content (AvgIpc) is 3.27. The monoisotopic (exact) mass is 345 g/mol. The van der Waals surface area contributed by atoms with Crippen LogP contribution in [0.15, 0.2) is 35.8 Å². The van der Waals surface area contributed by atoms with Crippen molar-refractivity contribution in [1.82, 2.24) is 9.88 Å². The molecular weight excluding hydrogens is 326 g/mol. The van der Waals surface area contributed by atoms with E-state index in [2.05, 4.69) is 10.3 Å². The van der Waals surface area contributed by atoms with Gasteiger partial charge in [-0.1, -0.05) is 6.07 Å². The molecule has 1 aliphatic heterocycles. The number of hydrogen-bond donors (Lipinski definition) is 1. The van der Waals surface area contributed by atoms with Crippen LogP contribution in [0, 0.1) is 0 Å². The number of likely N-dealkylation sites (tertiary alicyclic amines) is 1. The molecule has 0 aromatic carbocycles. The minimum atomic E-state index is -0.417. The summed E-state index contributed by atoms with van der Waals surface area (Å²) >= 11 is 1.56. The zero-order valence-corrected chi connectivity index (χ0v) is 14.2. The molecule has 0 spiro atoms. The molecule has 0 radical (unpaired) electrons. The highest BCUT2D eigenvalue weighted by Gasteiger charge is 2.34. The Morgan fingerprint density at radius 2 is 2.29 bits per heavy atom. The normalized spacial score (nSPS) is 16.9. The van der Waals surface area contributed by atoms with Crippen molar-refractivity contribution in [2.75, 3.05) is 19.0 Å². The van der Waals surface area contributed by atoms with Gasteiger partial charge in [-0.3, -0.25) is 9.59 Å². The van der Waals surface area contributed by atoms with Gasteiger partial charge in [-0.05, 0) is 30.4 Å². The van der Waals surface area contributed by atoms with E-state index in [9.17, 15) is 9.59 Å². The zero-order valence-electron chi connectivity index (χ0n) is 13.4. The Hall–Kier alpha value is -2.41. The number of methoxy groups -OCH3 is 1. The molecule has 1 aliphatic rings. The van der Waals surface area contributed by atoms with Gasteiger partial charge in [0.15, 0.2) is 0 Å². The molecular formula is C17H19N3O3S. The second-order valence-corrected chi connectivity index (χ2v) is 6.61. The molecule has 1 fully saturated rings. The Kier molecular flexibility index (Phi) is 5.10. The van der Waals surface area contributed by atoms with Crippen molar-refractivity contribution in [3.05, 3.63) is 40.7 Å². The van der Waals surface area contributed by atoms with Crippen molar-refractivity contribution >= 4 is 28.8 Å². The Morgan fingerprint density at radius 3 is 2.96 bits per heavy atom. The molecule has 0 bridgehead atoms. The molecule has 1 atom stereocenters. The number of nitrogens with one attached hydrogen (secondary N) is 1. The number of amides is 2. The van der Waals surface area contributed by atoms with Crippen LogP contribution >= 0.6 is 11.3 Å². The number of aromatic nitrogens is 1. The van der Waals surface area contributed by atoms with E-state index in [0.29, 0.717) is 31.0 Å². The minimum Gasteiger partial charge on any atom is -0.481 e. The van der Waals surface area contributed by atoms with Gasteiger partial charge in [0.25, 0.3) is 0 Å².